The minimum Gasteiger partial charge on any atom is -0.292 e. The first-order valence-electron chi connectivity index (χ1n) is 8.94. The zero-order chi connectivity index (χ0) is 18.2. The summed E-state index contributed by atoms with van der Waals surface area (Å²) in [6.45, 7) is 0. The number of rotatable bonds is 3. The lowest BCUT2D eigenvalue weighted by Gasteiger charge is -2.30. The van der Waals surface area contributed by atoms with E-state index in [4.69, 9.17) is 0 Å². The molecule has 0 unspecified atom stereocenters. The van der Waals surface area contributed by atoms with Crippen LogP contribution in [0.1, 0.15) is 28.8 Å². The highest BCUT2D eigenvalue weighted by Gasteiger charge is 2.37. The third-order valence-corrected chi connectivity index (χ3v) is 6.13. The molecular weight excluding hydrogens is 354 g/mol. The number of para-hydroxylation sites is 1. The predicted octanol–water partition coefficient (Wildman–Crippen LogP) is 4.87. The number of hydrogen-bond acceptors (Lipinski definition) is 4. The van der Waals surface area contributed by atoms with E-state index in [1.165, 1.54) is 4.88 Å². The van der Waals surface area contributed by atoms with Crippen LogP contribution in [0.2, 0.25) is 0 Å². The number of allylic oxidation sites excluding steroid dienone is 2. The van der Waals surface area contributed by atoms with Crippen LogP contribution >= 0.6 is 11.3 Å². The van der Waals surface area contributed by atoms with Crippen molar-refractivity contribution < 1.29 is 4.79 Å². The summed E-state index contributed by atoms with van der Waals surface area (Å²) >= 11 is 1.69. The molecule has 5 rings (SSSR count). The Bertz CT molecular complexity index is 1130. The van der Waals surface area contributed by atoms with Gasteiger partial charge in [0.15, 0.2) is 5.78 Å². The molecule has 2 atom stereocenters. The number of aromatic nitrogens is 3. The van der Waals surface area contributed by atoms with Crippen LogP contribution < -0.4 is 0 Å². The van der Waals surface area contributed by atoms with Gasteiger partial charge in [0.1, 0.15) is 11.6 Å². The lowest BCUT2D eigenvalue weighted by atomic mass is 9.80. The van der Waals surface area contributed by atoms with Crippen LogP contribution in [0.3, 0.4) is 0 Å². The Morgan fingerprint density at radius 1 is 0.963 bits per heavy atom. The Labute approximate surface area is 160 Å². The molecule has 2 aromatic heterocycles. The number of fused-ring (bicyclic) bond motifs is 1. The van der Waals surface area contributed by atoms with Crippen LogP contribution in [0.4, 0.5) is 0 Å². The van der Waals surface area contributed by atoms with Gasteiger partial charge < -0.3 is 0 Å². The van der Waals surface area contributed by atoms with Crippen molar-refractivity contribution in [2.75, 3.05) is 0 Å². The molecule has 27 heavy (non-hydrogen) atoms. The van der Waals surface area contributed by atoms with Crippen molar-refractivity contribution in [3.8, 4) is 0 Å². The molecule has 2 aromatic carbocycles. The van der Waals surface area contributed by atoms with Crippen molar-refractivity contribution in [2.24, 2.45) is 0 Å². The van der Waals surface area contributed by atoms with Crippen molar-refractivity contribution in [2.45, 2.75) is 18.4 Å². The highest BCUT2D eigenvalue weighted by atomic mass is 32.1. The van der Waals surface area contributed by atoms with Gasteiger partial charge in [0.25, 0.3) is 0 Å². The second kappa shape index (κ2) is 6.59. The molecule has 0 saturated heterocycles. The number of hydrogen-bond donors (Lipinski definition) is 0. The number of carbonyl (C=O) groups is 1. The SMILES string of the molecule is O=C1C=C(c2ccccc2)C[C@@H](c2cccs2)[C@H]1n1nnc2ccccc21. The molecule has 1 aliphatic rings. The predicted molar refractivity (Wildman–Crippen MR) is 108 cm³/mol. The molecule has 4 aromatic rings. The molecule has 0 fully saturated rings. The van der Waals surface area contributed by atoms with E-state index in [0.717, 1.165) is 28.6 Å². The van der Waals surface area contributed by atoms with Gasteiger partial charge in [0.2, 0.25) is 0 Å². The maximum atomic E-state index is 13.3. The topological polar surface area (TPSA) is 47.8 Å². The van der Waals surface area contributed by atoms with E-state index in [9.17, 15) is 4.79 Å². The Morgan fingerprint density at radius 2 is 1.78 bits per heavy atom. The Kier molecular flexibility index (Phi) is 3.94. The zero-order valence-corrected chi connectivity index (χ0v) is 15.3. The molecule has 1 aliphatic carbocycles. The molecule has 0 amide bonds. The standard InChI is InChI=1S/C22H17N3OS/c26-20-14-16(15-7-2-1-3-8-15)13-17(21-11-6-12-27-21)22(20)25-19-10-5-4-9-18(19)23-24-25/h1-12,14,17,22H,13H2/t17-,22+/m0/s1. The van der Waals surface area contributed by atoms with Crippen LogP contribution in [0, 0.1) is 0 Å². The minimum atomic E-state index is -0.372. The lowest BCUT2D eigenvalue weighted by Crippen LogP contribution is -2.29. The third kappa shape index (κ3) is 2.80. The van der Waals surface area contributed by atoms with Gasteiger partial charge >= 0.3 is 0 Å². The Morgan fingerprint density at radius 3 is 2.59 bits per heavy atom. The van der Waals surface area contributed by atoms with Gasteiger partial charge in [-0.1, -0.05) is 53.7 Å². The number of nitrogens with zero attached hydrogens (tertiary/aromatic N) is 3. The minimum absolute atomic E-state index is 0.0443. The molecule has 0 bridgehead atoms. The normalized spacial score (nSPS) is 20.0. The summed E-state index contributed by atoms with van der Waals surface area (Å²) in [5.41, 5.74) is 3.90. The molecule has 0 saturated carbocycles. The van der Waals surface area contributed by atoms with Gasteiger partial charge in [0, 0.05) is 10.8 Å². The third-order valence-electron chi connectivity index (χ3n) is 5.12. The van der Waals surface area contributed by atoms with Crippen LogP contribution in [-0.4, -0.2) is 20.8 Å². The number of carbonyl (C=O) groups excluding carboxylic acids is 1. The molecule has 0 N–H and O–H groups in total. The molecule has 5 heteroatoms. The first-order valence-corrected chi connectivity index (χ1v) is 9.82. The average molecular weight is 371 g/mol. The molecule has 2 heterocycles. The van der Waals surface area contributed by atoms with Gasteiger partial charge in [-0.3, -0.25) is 4.79 Å². The van der Waals surface area contributed by atoms with Crippen LogP contribution in [-0.2, 0) is 4.79 Å². The smallest absolute Gasteiger partial charge is 0.181 e. The van der Waals surface area contributed by atoms with Gasteiger partial charge in [-0.2, -0.15) is 0 Å². The van der Waals surface area contributed by atoms with Crippen molar-refractivity contribution in [3.63, 3.8) is 0 Å². The van der Waals surface area contributed by atoms with Gasteiger partial charge in [-0.15, -0.1) is 16.4 Å². The summed E-state index contributed by atoms with van der Waals surface area (Å²) < 4.78 is 1.81. The second-order valence-corrected chi connectivity index (χ2v) is 7.71. The van der Waals surface area contributed by atoms with E-state index in [1.54, 1.807) is 22.1 Å². The van der Waals surface area contributed by atoms with Gasteiger partial charge in [0.05, 0.1) is 5.52 Å². The second-order valence-electron chi connectivity index (χ2n) is 6.73. The number of benzene rings is 2. The summed E-state index contributed by atoms with van der Waals surface area (Å²) in [5, 5.41) is 10.7. The van der Waals surface area contributed by atoms with Gasteiger partial charge in [-0.05, 0) is 47.2 Å². The molecule has 0 aliphatic heterocycles. The average Bonchev–Trinajstić information content (AvgIpc) is 3.38. The largest absolute Gasteiger partial charge is 0.292 e. The first kappa shape index (κ1) is 16.1. The molecule has 4 nitrogen and oxygen atoms in total. The van der Waals surface area contributed by atoms with E-state index in [0.29, 0.717) is 0 Å². The summed E-state index contributed by atoms with van der Waals surface area (Å²) in [6, 6.07) is 21.7. The maximum Gasteiger partial charge on any atom is 0.181 e. The van der Waals surface area contributed by atoms with Crippen molar-refractivity contribution in [1.29, 1.82) is 0 Å². The summed E-state index contributed by atoms with van der Waals surface area (Å²) in [5.74, 6) is 0.122. The highest BCUT2D eigenvalue weighted by Crippen LogP contribution is 2.44. The number of thiophene rings is 1. The zero-order valence-electron chi connectivity index (χ0n) is 14.5. The molecule has 0 radical (unpaired) electrons. The summed E-state index contributed by atoms with van der Waals surface area (Å²) in [4.78, 5) is 14.5. The summed E-state index contributed by atoms with van der Waals surface area (Å²) in [6.07, 6.45) is 2.59. The monoisotopic (exact) mass is 371 g/mol. The Balaban J connectivity index is 1.65. The maximum absolute atomic E-state index is 13.3. The van der Waals surface area contributed by atoms with E-state index in [2.05, 4.69) is 33.9 Å². The van der Waals surface area contributed by atoms with Crippen molar-refractivity contribution >= 4 is 33.7 Å². The molecule has 132 valence electrons. The fourth-order valence-electron chi connectivity index (χ4n) is 3.86. The van der Waals surface area contributed by atoms with Crippen molar-refractivity contribution in [3.05, 3.63) is 88.6 Å². The van der Waals surface area contributed by atoms with Crippen LogP contribution in [0.25, 0.3) is 16.6 Å². The quantitative estimate of drug-likeness (QED) is 0.516. The highest BCUT2D eigenvalue weighted by molar-refractivity contribution is 7.10. The number of ketones is 1. The van der Waals surface area contributed by atoms with Crippen LogP contribution in [0.5, 0.6) is 0 Å². The first-order chi connectivity index (χ1) is 13.3. The van der Waals surface area contributed by atoms with E-state index < -0.39 is 0 Å². The molecule has 0 spiro atoms. The lowest BCUT2D eigenvalue weighted by molar-refractivity contribution is -0.118. The fraction of sp³-hybridized carbons (Fsp3) is 0.136. The van der Waals surface area contributed by atoms with E-state index in [-0.39, 0.29) is 17.7 Å². The van der Waals surface area contributed by atoms with E-state index in [1.807, 2.05) is 48.5 Å². The summed E-state index contributed by atoms with van der Waals surface area (Å²) in [7, 11) is 0. The van der Waals surface area contributed by atoms with E-state index >= 15 is 0 Å². The Hall–Kier alpha value is -3.05. The van der Waals surface area contributed by atoms with Crippen LogP contribution in [0.15, 0.2) is 78.2 Å². The van der Waals surface area contributed by atoms with Gasteiger partial charge in [-0.25, -0.2) is 4.68 Å². The fourth-order valence-corrected chi connectivity index (χ4v) is 4.72. The molecular formula is C22H17N3OS. The van der Waals surface area contributed by atoms with Crippen molar-refractivity contribution in [1.82, 2.24) is 15.0 Å².